The molecule has 1 aromatic rings. The molecule has 2 N–H and O–H groups in total. The molecule has 0 spiro atoms. The Bertz CT molecular complexity index is 806. The molecule has 1 aliphatic carbocycles. The predicted molar refractivity (Wildman–Crippen MR) is 129 cm³/mol. The number of rotatable bonds is 12. The van der Waals surface area contributed by atoms with Crippen molar-refractivity contribution in [2.75, 3.05) is 13.2 Å². The summed E-state index contributed by atoms with van der Waals surface area (Å²) in [5, 5.41) is 7.02. The molecule has 0 amide bonds. The first-order valence-electron chi connectivity index (χ1n) is 11.9. The molecule has 0 aromatic heterocycles. The van der Waals surface area contributed by atoms with Crippen molar-refractivity contribution in [1.82, 2.24) is 10.6 Å². The van der Waals surface area contributed by atoms with Crippen LogP contribution in [0.1, 0.15) is 89.7 Å². The highest BCUT2D eigenvalue weighted by Crippen LogP contribution is 2.37. The van der Waals surface area contributed by atoms with E-state index in [4.69, 9.17) is 21.7 Å². The van der Waals surface area contributed by atoms with E-state index in [1.807, 2.05) is 25.1 Å². The van der Waals surface area contributed by atoms with E-state index in [1.54, 1.807) is 0 Å². The Hall–Kier alpha value is -2.08. The smallest absolute Gasteiger partial charge is 0.171 e. The van der Waals surface area contributed by atoms with Gasteiger partial charge in [0.1, 0.15) is 0 Å². The van der Waals surface area contributed by atoms with Gasteiger partial charge in [0.2, 0.25) is 0 Å². The molecule has 0 fully saturated rings. The van der Waals surface area contributed by atoms with Crippen molar-refractivity contribution >= 4 is 23.1 Å². The average Bonchev–Trinajstić information content (AvgIpc) is 2.76. The largest absolute Gasteiger partial charge is 0.490 e. The number of carbonyl (C=O) groups excluding carboxylic acids is 1. The monoisotopic (exact) mass is 444 g/mol. The molecule has 2 aliphatic rings. The fraction of sp³-hybridized carbons (Fsp3) is 0.600. The van der Waals surface area contributed by atoms with Gasteiger partial charge in [0.15, 0.2) is 22.4 Å². The van der Waals surface area contributed by atoms with Crippen LogP contribution in [0, 0.1) is 0 Å². The van der Waals surface area contributed by atoms with E-state index in [2.05, 4.69) is 17.6 Å². The second kappa shape index (κ2) is 12.1. The van der Waals surface area contributed by atoms with Crippen LogP contribution in [-0.4, -0.2) is 24.1 Å². The summed E-state index contributed by atoms with van der Waals surface area (Å²) in [5.74, 6) is 1.67. The van der Waals surface area contributed by atoms with E-state index in [-0.39, 0.29) is 11.8 Å². The molecule has 0 saturated heterocycles. The van der Waals surface area contributed by atoms with Crippen LogP contribution in [0.2, 0.25) is 0 Å². The Morgan fingerprint density at radius 3 is 2.55 bits per heavy atom. The number of benzene rings is 1. The van der Waals surface area contributed by atoms with Crippen LogP contribution in [0.5, 0.6) is 11.5 Å². The Morgan fingerprint density at radius 2 is 1.77 bits per heavy atom. The Morgan fingerprint density at radius 1 is 1.00 bits per heavy atom. The Balaban J connectivity index is 1.66. The van der Waals surface area contributed by atoms with Crippen LogP contribution in [-0.2, 0) is 4.79 Å². The summed E-state index contributed by atoms with van der Waals surface area (Å²) >= 11 is 5.39. The number of thiocarbonyl (C=S) groups is 1. The van der Waals surface area contributed by atoms with Crippen molar-refractivity contribution in [2.24, 2.45) is 0 Å². The zero-order valence-corrected chi connectivity index (χ0v) is 19.7. The van der Waals surface area contributed by atoms with Gasteiger partial charge in [-0.1, -0.05) is 51.5 Å². The van der Waals surface area contributed by atoms with Crippen molar-refractivity contribution < 1.29 is 14.3 Å². The molecule has 170 valence electrons. The van der Waals surface area contributed by atoms with Gasteiger partial charge in [-0.2, -0.15) is 0 Å². The summed E-state index contributed by atoms with van der Waals surface area (Å²) in [5.41, 5.74) is 2.74. The molecule has 1 unspecified atom stereocenters. The molecule has 0 saturated carbocycles. The molecule has 1 atom stereocenters. The summed E-state index contributed by atoms with van der Waals surface area (Å²) in [4.78, 5) is 12.6. The van der Waals surface area contributed by atoms with Gasteiger partial charge in [-0.3, -0.25) is 4.79 Å². The molecule has 1 heterocycles. The van der Waals surface area contributed by atoms with Crippen LogP contribution in [0.15, 0.2) is 29.5 Å². The maximum atomic E-state index is 12.6. The lowest BCUT2D eigenvalue weighted by molar-refractivity contribution is -0.116. The Labute approximate surface area is 192 Å². The molecule has 0 bridgehead atoms. The second-order valence-electron chi connectivity index (χ2n) is 8.31. The van der Waals surface area contributed by atoms with E-state index in [0.717, 1.165) is 47.6 Å². The van der Waals surface area contributed by atoms with E-state index < -0.39 is 0 Å². The molecule has 0 radical (unpaired) electrons. The maximum Gasteiger partial charge on any atom is 0.171 e. The van der Waals surface area contributed by atoms with Crippen LogP contribution in [0.3, 0.4) is 0 Å². The van der Waals surface area contributed by atoms with Gasteiger partial charge in [-0.15, -0.1) is 0 Å². The van der Waals surface area contributed by atoms with Gasteiger partial charge in [0.25, 0.3) is 0 Å². The van der Waals surface area contributed by atoms with Crippen molar-refractivity contribution in [2.45, 2.75) is 84.1 Å². The highest BCUT2D eigenvalue weighted by atomic mass is 32.1. The molecular formula is C25H36N2O3S. The van der Waals surface area contributed by atoms with Crippen molar-refractivity contribution in [3.8, 4) is 11.5 Å². The topological polar surface area (TPSA) is 59.6 Å². The second-order valence-corrected chi connectivity index (χ2v) is 8.72. The number of allylic oxidation sites excluding steroid dienone is 1. The summed E-state index contributed by atoms with van der Waals surface area (Å²) in [6, 6.07) is 5.72. The average molecular weight is 445 g/mol. The molecule has 1 aliphatic heterocycles. The van der Waals surface area contributed by atoms with Crippen LogP contribution >= 0.6 is 12.2 Å². The quantitative estimate of drug-likeness (QED) is 0.317. The first-order valence-corrected chi connectivity index (χ1v) is 12.3. The number of carbonyl (C=O) groups is 1. The minimum atomic E-state index is -0.243. The number of ether oxygens (including phenoxy) is 2. The number of unbranched alkanes of at least 4 members (excludes halogenated alkanes) is 6. The van der Waals surface area contributed by atoms with Crippen molar-refractivity contribution in [3.05, 3.63) is 35.0 Å². The van der Waals surface area contributed by atoms with E-state index in [9.17, 15) is 4.79 Å². The highest BCUT2D eigenvalue weighted by molar-refractivity contribution is 7.80. The number of ketones is 1. The van der Waals surface area contributed by atoms with Crippen molar-refractivity contribution in [1.29, 1.82) is 0 Å². The third-order valence-corrected chi connectivity index (χ3v) is 6.11. The van der Waals surface area contributed by atoms with Gasteiger partial charge in [-0.25, -0.2) is 0 Å². The van der Waals surface area contributed by atoms with Gasteiger partial charge in [0.05, 0.1) is 19.3 Å². The van der Waals surface area contributed by atoms with Crippen LogP contribution in [0.4, 0.5) is 0 Å². The molecule has 1 aromatic carbocycles. The summed E-state index contributed by atoms with van der Waals surface area (Å²) < 4.78 is 11.9. The van der Waals surface area contributed by atoms with E-state index >= 15 is 0 Å². The SMILES string of the molecule is CCCCCCCCCOc1ccc(C2NC(=S)NC3=C2C(=O)CCC3)cc1OCC. The van der Waals surface area contributed by atoms with Gasteiger partial charge >= 0.3 is 0 Å². The number of nitrogens with one attached hydrogen (secondary N) is 2. The van der Waals surface area contributed by atoms with Gasteiger partial charge < -0.3 is 20.1 Å². The van der Waals surface area contributed by atoms with Crippen molar-refractivity contribution in [3.63, 3.8) is 0 Å². The number of hydrogen-bond acceptors (Lipinski definition) is 4. The minimum Gasteiger partial charge on any atom is -0.490 e. The zero-order valence-electron chi connectivity index (χ0n) is 18.9. The highest BCUT2D eigenvalue weighted by Gasteiger charge is 2.33. The Kier molecular flexibility index (Phi) is 9.19. The molecule has 31 heavy (non-hydrogen) atoms. The summed E-state index contributed by atoms with van der Waals surface area (Å²) in [6.07, 6.45) is 11.1. The van der Waals surface area contributed by atoms with Gasteiger partial charge in [-0.05, 0) is 56.1 Å². The predicted octanol–water partition coefficient (Wildman–Crippen LogP) is 5.74. The summed E-state index contributed by atoms with van der Waals surface area (Å²) in [7, 11) is 0. The number of Topliss-reactive ketones (excluding diaryl/α,β-unsaturated/α-hetero) is 1. The molecule has 3 rings (SSSR count). The lowest BCUT2D eigenvalue weighted by Gasteiger charge is -2.34. The molecule has 6 heteroatoms. The third kappa shape index (κ3) is 6.45. The standard InChI is InChI=1S/C25H36N2O3S/c1-3-5-6-7-8-9-10-16-30-21-15-14-18(17-22(21)29-4-2)24-23-19(26-25(31)27-24)12-11-13-20(23)28/h14-15,17,24H,3-13,16H2,1-2H3,(H2,26,27,31). The lowest BCUT2D eigenvalue weighted by Crippen LogP contribution is -2.46. The van der Waals surface area contributed by atoms with Crippen LogP contribution in [0.25, 0.3) is 0 Å². The minimum absolute atomic E-state index is 0.186. The third-order valence-electron chi connectivity index (χ3n) is 5.89. The van der Waals surface area contributed by atoms with Crippen LogP contribution < -0.4 is 20.1 Å². The molecular weight excluding hydrogens is 408 g/mol. The zero-order chi connectivity index (χ0) is 22.1. The fourth-order valence-electron chi connectivity index (χ4n) is 4.29. The maximum absolute atomic E-state index is 12.6. The lowest BCUT2D eigenvalue weighted by atomic mass is 9.85. The van der Waals surface area contributed by atoms with E-state index in [1.165, 1.54) is 38.5 Å². The van der Waals surface area contributed by atoms with E-state index in [0.29, 0.717) is 24.7 Å². The molecule has 5 nitrogen and oxygen atoms in total. The normalized spacial score (nSPS) is 18.3. The fourth-order valence-corrected chi connectivity index (χ4v) is 4.53. The first-order chi connectivity index (χ1) is 15.1. The first kappa shape index (κ1) is 23.6. The summed E-state index contributed by atoms with van der Waals surface area (Å²) in [6.45, 7) is 5.46. The number of hydrogen-bond donors (Lipinski definition) is 2. The van der Waals surface area contributed by atoms with Gasteiger partial charge in [0, 0.05) is 17.7 Å².